The van der Waals surface area contributed by atoms with Crippen molar-refractivity contribution >= 4 is 0 Å². The quantitative estimate of drug-likeness (QED) is 0.546. The van der Waals surface area contributed by atoms with Crippen molar-refractivity contribution in [3.05, 3.63) is 5.92 Å². The summed E-state index contributed by atoms with van der Waals surface area (Å²) in [6.07, 6.45) is 5.34. The van der Waals surface area contributed by atoms with E-state index < -0.39 is 0 Å². The molecule has 1 atom stereocenters. The lowest BCUT2D eigenvalue weighted by Gasteiger charge is -2.16. The van der Waals surface area contributed by atoms with Gasteiger partial charge < -0.3 is 0 Å². The molecule has 0 saturated heterocycles. The van der Waals surface area contributed by atoms with Crippen LogP contribution >= 0.6 is 0 Å². The zero-order valence-electron chi connectivity index (χ0n) is 7.91. The lowest BCUT2D eigenvalue weighted by atomic mass is 9.89. The van der Waals surface area contributed by atoms with Gasteiger partial charge >= 0.3 is 0 Å². The molecule has 0 nitrogen and oxygen atoms in total. The fourth-order valence-corrected chi connectivity index (χ4v) is 1.05. The molecule has 1 radical (unpaired) electrons. The number of hydrogen-bond donors (Lipinski definition) is 0. The van der Waals surface area contributed by atoms with Crippen LogP contribution in [0.25, 0.3) is 0 Å². The molecule has 10 heavy (non-hydrogen) atoms. The number of unbranched alkanes of at least 4 members (excludes halogenated alkanes) is 1. The second-order valence-electron chi connectivity index (χ2n) is 3.26. The summed E-state index contributed by atoms with van der Waals surface area (Å²) in [6.45, 7) is 9.14. The van der Waals surface area contributed by atoms with E-state index in [2.05, 4.69) is 27.7 Å². The Kier molecular flexibility index (Phi) is 5.76. The minimum Gasteiger partial charge on any atom is -0.0654 e. The average Bonchev–Trinajstić information content (AvgIpc) is 1.98. The monoisotopic (exact) mass is 141 g/mol. The van der Waals surface area contributed by atoms with Gasteiger partial charge in [0.15, 0.2) is 0 Å². The molecule has 0 aromatic rings. The largest absolute Gasteiger partial charge is 0.0654 e. The molecule has 0 heterocycles. The summed E-state index contributed by atoms with van der Waals surface area (Å²) in [5, 5.41) is 0. The Bertz CT molecular complexity index is 66.4. The predicted octanol–water partition coefficient (Wildman–Crippen LogP) is 3.82. The third-order valence-electron chi connectivity index (χ3n) is 2.38. The van der Waals surface area contributed by atoms with Crippen molar-refractivity contribution in [3.8, 4) is 0 Å². The summed E-state index contributed by atoms with van der Waals surface area (Å²) in [5.74, 6) is 2.52. The van der Waals surface area contributed by atoms with Crippen LogP contribution in [-0.2, 0) is 0 Å². The van der Waals surface area contributed by atoms with E-state index in [1.807, 2.05) is 0 Å². The Morgan fingerprint density at radius 2 is 1.90 bits per heavy atom. The van der Waals surface area contributed by atoms with E-state index in [1.54, 1.807) is 5.92 Å². The lowest BCUT2D eigenvalue weighted by Crippen LogP contribution is -2.03. The van der Waals surface area contributed by atoms with E-state index in [-0.39, 0.29) is 0 Å². The molecule has 0 spiro atoms. The van der Waals surface area contributed by atoms with E-state index >= 15 is 0 Å². The summed E-state index contributed by atoms with van der Waals surface area (Å²) in [5.41, 5.74) is 0. The van der Waals surface area contributed by atoms with Crippen molar-refractivity contribution in [2.45, 2.75) is 53.4 Å². The molecule has 0 bridgehead atoms. The molecule has 0 fully saturated rings. The van der Waals surface area contributed by atoms with Gasteiger partial charge in [0.2, 0.25) is 0 Å². The molecule has 0 saturated carbocycles. The maximum absolute atomic E-state index is 2.32. The first-order valence-corrected chi connectivity index (χ1v) is 4.54. The van der Waals surface area contributed by atoms with E-state index in [0.717, 1.165) is 5.92 Å². The maximum Gasteiger partial charge on any atom is -0.0244 e. The van der Waals surface area contributed by atoms with Gasteiger partial charge in [-0.1, -0.05) is 47.0 Å². The SMILES string of the molecule is CCCC[C](C)C(C)CC. The van der Waals surface area contributed by atoms with Gasteiger partial charge in [0, 0.05) is 0 Å². The normalized spacial score (nSPS) is 14.1. The van der Waals surface area contributed by atoms with Crippen LogP contribution < -0.4 is 0 Å². The first kappa shape index (κ1) is 10.0. The molecule has 0 amide bonds. The van der Waals surface area contributed by atoms with E-state index in [1.165, 1.54) is 25.7 Å². The number of rotatable bonds is 5. The minimum atomic E-state index is 0.839. The molecule has 1 unspecified atom stereocenters. The Balaban J connectivity index is 3.31. The van der Waals surface area contributed by atoms with E-state index in [4.69, 9.17) is 0 Å². The summed E-state index contributed by atoms with van der Waals surface area (Å²) in [4.78, 5) is 0. The predicted molar refractivity (Wildman–Crippen MR) is 47.9 cm³/mol. The summed E-state index contributed by atoms with van der Waals surface area (Å²) in [7, 11) is 0. The van der Waals surface area contributed by atoms with Crippen molar-refractivity contribution in [1.29, 1.82) is 0 Å². The highest BCUT2D eigenvalue weighted by molar-refractivity contribution is 4.88. The van der Waals surface area contributed by atoms with Crippen LogP contribution in [0.2, 0.25) is 0 Å². The highest BCUT2D eigenvalue weighted by Gasteiger charge is 2.08. The molecular formula is C10H21. The van der Waals surface area contributed by atoms with Crippen LogP contribution in [-0.4, -0.2) is 0 Å². The summed E-state index contributed by atoms with van der Waals surface area (Å²) >= 11 is 0. The molecule has 0 aliphatic heterocycles. The van der Waals surface area contributed by atoms with Gasteiger partial charge in [0.1, 0.15) is 0 Å². The van der Waals surface area contributed by atoms with E-state index in [9.17, 15) is 0 Å². The molecule has 0 N–H and O–H groups in total. The van der Waals surface area contributed by atoms with E-state index in [0.29, 0.717) is 0 Å². The summed E-state index contributed by atoms with van der Waals surface area (Å²) in [6, 6.07) is 0. The Labute approximate surface area is 66.0 Å². The molecule has 0 rings (SSSR count). The zero-order chi connectivity index (χ0) is 7.98. The van der Waals surface area contributed by atoms with Crippen LogP contribution in [0.5, 0.6) is 0 Å². The van der Waals surface area contributed by atoms with Gasteiger partial charge in [-0.2, -0.15) is 0 Å². The van der Waals surface area contributed by atoms with Crippen LogP contribution in [0.4, 0.5) is 0 Å². The van der Waals surface area contributed by atoms with Gasteiger partial charge in [-0.15, -0.1) is 0 Å². The zero-order valence-corrected chi connectivity index (χ0v) is 7.91. The minimum absolute atomic E-state index is 0.839. The van der Waals surface area contributed by atoms with Crippen LogP contribution in [0, 0.1) is 11.8 Å². The maximum atomic E-state index is 2.32. The van der Waals surface area contributed by atoms with Crippen molar-refractivity contribution in [2.24, 2.45) is 5.92 Å². The first-order chi connectivity index (χ1) is 4.72. The van der Waals surface area contributed by atoms with Crippen LogP contribution in [0.15, 0.2) is 0 Å². The fourth-order valence-electron chi connectivity index (χ4n) is 1.05. The molecule has 0 aromatic heterocycles. The highest BCUT2D eigenvalue weighted by Crippen LogP contribution is 2.22. The first-order valence-electron chi connectivity index (χ1n) is 4.54. The number of hydrogen-bond acceptors (Lipinski definition) is 0. The van der Waals surface area contributed by atoms with Gasteiger partial charge in [-0.3, -0.25) is 0 Å². The van der Waals surface area contributed by atoms with Crippen LogP contribution in [0.3, 0.4) is 0 Å². The molecule has 0 heteroatoms. The highest BCUT2D eigenvalue weighted by atomic mass is 14.1. The molecule has 0 aromatic carbocycles. The summed E-state index contributed by atoms with van der Waals surface area (Å²) < 4.78 is 0. The molecule has 0 aliphatic carbocycles. The smallest absolute Gasteiger partial charge is 0.0244 e. The second kappa shape index (κ2) is 5.76. The molecule has 0 aliphatic rings. The van der Waals surface area contributed by atoms with Crippen molar-refractivity contribution in [1.82, 2.24) is 0 Å². The molecule has 61 valence electrons. The third kappa shape index (κ3) is 3.92. The van der Waals surface area contributed by atoms with Crippen molar-refractivity contribution < 1.29 is 0 Å². The van der Waals surface area contributed by atoms with Gasteiger partial charge in [-0.25, -0.2) is 0 Å². The van der Waals surface area contributed by atoms with Gasteiger partial charge in [-0.05, 0) is 18.3 Å². The average molecular weight is 141 g/mol. The third-order valence-corrected chi connectivity index (χ3v) is 2.38. The van der Waals surface area contributed by atoms with Crippen molar-refractivity contribution in [3.63, 3.8) is 0 Å². The standard InChI is InChI=1S/C10H21/c1-5-7-8-10(4)9(3)6-2/h9H,5-8H2,1-4H3. The Morgan fingerprint density at radius 1 is 1.30 bits per heavy atom. The molecular weight excluding hydrogens is 120 g/mol. The van der Waals surface area contributed by atoms with Crippen molar-refractivity contribution in [2.75, 3.05) is 0 Å². The van der Waals surface area contributed by atoms with Crippen LogP contribution in [0.1, 0.15) is 53.4 Å². The Hall–Kier alpha value is 0. The lowest BCUT2D eigenvalue weighted by molar-refractivity contribution is 0.526. The second-order valence-corrected chi connectivity index (χ2v) is 3.26. The Morgan fingerprint density at radius 3 is 2.30 bits per heavy atom. The fraction of sp³-hybridized carbons (Fsp3) is 0.900. The topological polar surface area (TPSA) is 0 Å². The van der Waals surface area contributed by atoms with Gasteiger partial charge in [0.05, 0.1) is 0 Å². The van der Waals surface area contributed by atoms with Gasteiger partial charge in [0.25, 0.3) is 0 Å².